The van der Waals surface area contributed by atoms with Crippen molar-refractivity contribution >= 4 is 33.1 Å². The molecule has 0 bridgehead atoms. The Bertz CT molecular complexity index is 1380. The lowest BCUT2D eigenvalue weighted by Gasteiger charge is -2.14. The Hall–Kier alpha value is -3.78. The molecule has 0 spiro atoms. The highest BCUT2D eigenvalue weighted by molar-refractivity contribution is 7.91. The summed E-state index contributed by atoms with van der Waals surface area (Å²) in [5.74, 6) is -0.504. The highest BCUT2D eigenvalue weighted by Crippen LogP contribution is 2.28. The van der Waals surface area contributed by atoms with Gasteiger partial charge in [0, 0.05) is 5.56 Å². The summed E-state index contributed by atoms with van der Waals surface area (Å²) in [7, 11) is -4.07. The molecule has 7 nitrogen and oxygen atoms in total. The first kappa shape index (κ1) is 22.4. The summed E-state index contributed by atoms with van der Waals surface area (Å²) in [6.45, 7) is 4.18. The number of nitrogens with zero attached hydrogens (tertiary/aromatic N) is 1. The van der Waals surface area contributed by atoms with Crippen LogP contribution in [0.3, 0.4) is 0 Å². The summed E-state index contributed by atoms with van der Waals surface area (Å²) in [6.07, 6.45) is 0. The van der Waals surface area contributed by atoms with Crippen LogP contribution in [-0.2, 0) is 14.6 Å². The molecule has 0 fully saturated rings. The Kier molecular flexibility index (Phi) is 6.11. The number of Topliss-reactive ketones (excluding diaryl/α,β-unsaturated/α-hetero) is 1. The van der Waals surface area contributed by atoms with Gasteiger partial charge in [0.1, 0.15) is 6.61 Å². The third-order valence-electron chi connectivity index (χ3n) is 5.24. The van der Waals surface area contributed by atoms with Crippen molar-refractivity contribution in [3.63, 3.8) is 0 Å². The molecule has 0 aliphatic carbocycles. The zero-order valence-corrected chi connectivity index (χ0v) is 19.0. The smallest absolute Gasteiger partial charge is 0.257 e. The van der Waals surface area contributed by atoms with Crippen LogP contribution in [0.1, 0.15) is 38.8 Å². The molecule has 33 heavy (non-hydrogen) atoms. The van der Waals surface area contributed by atoms with Crippen LogP contribution < -0.4 is 5.32 Å². The quantitative estimate of drug-likeness (QED) is 0.557. The SMILES string of the molecule is CC(=O)c1ccc(C(=O)Nc2ccccc2C2=NCCO2)c(S(=O)(=O)c2ccc(C)cc2)c1. The summed E-state index contributed by atoms with van der Waals surface area (Å²) in [5.41, 5.74) is 2.08. The van der Waals surface area contributed by atoms with E-state index in [2.05, 4.69) is 10.3 Å². The van der Waals surface area contributed by atoms with Gasteiger partial charge in [-0.15, -0.1) is 0 Å². The Morgan fingerprint density at radius 3 is 2.39 bits per heavy atom. The summed E-state index contributed by atoms with van der Waals surface area (Å²) in [4.78, 5) is 29.3. The molecule has 8 heteroatoms. The van der Waals surface area contributed by atoms with Crippen molar-refractivity contribution in [1.82, 2.24) is 0 Å². The van der Waals surface area contributed by atoms with E-state index in [1.165, 1.54) is 37.3 Å². The summed E-state index contributed by atoms with van der Waals surface area (Å²) in [5, 5.41) is 2.78. The monoisotopic (exact) mass is 462 g/mol. The van der Waals surface area contributed by atoms with Gasteiger partial charge >= 0.3 is 0 Å². The number of sulfone groups is 1. The number of ether oxygens (including phenoxy) is 1. The van der Waals surface area contributed by atoms with Crippen molar-refractivity contribution in [3.05, 3.63) is 89.0 Å². The molecule has 3 aromatic rings. The number of benzene rings is 3. The van der Waals surface area contributed by atoms with Crippen LogP contribution in [-0.4, -0.2) is 39.2 Å². The molecular formula is C25H22N2O5S. The van der Waals surface area contributed by atoms with E-state index in [1.54, 1.807) is 36.4 Å². The number of aliphatic imine (C=N–C) groups is 1. The average Bonchev–Trinajstić information content (AvgIpc) is 3.34. The minimum atomic E-state index is -4.07. The summed E-state index contributed by atoms with van der Waals surface area (Å²) >= 11 is 0. The predicted octanol–water partition coefficient (Wildman–Crippen LogP) is 4.06. The number of rotatable bonds is 6. The number of para-hydroxylation sites is 1. The Morgan fingerprint density at radius 1 is 1.00 bits per heavy atom. The fraction of sp³-hybridized carbons (Fsp3) is 0.160. The van der Waals surface area contributed by atoms with Gasteiger partial charge in [-0.3, -0.25) is 9.59 Å². The number of aryl methyl sites for hydroxylation is 1. The first-order valence-electron chi connectivity index (χ1n) is 10.3. The second kappa shape index (κ2) is 8.99. The number of nitrogens with one attached hydrogen (secondary N) is 1. The molecule has 0 aromatic heterocycles. The maximum atomic E-state index is 13.4. The zero-order valence-electron chi connectivity index (χ0n) is 18.2. The van der Waals surface area contributed by atoms with Crippen LogP contribution in [0.2, 0.25) is 0 Å². The van der Waals surface area contributed by atoms with Crippen molar-refractivity contribution in [3.8, 4) is 0 Å². The first-order chi connectivity index (χ1) is 15.8. The first-order valence-corrected chi connectivity index (χ1v) is 11.8. The van der Waals surface area contributed by atoms with Crippen LogP contribution in [0.5, 0.6) is 0 Å². The number of hydrogen-bond donors (Lipinski definition) is 1. The van der Waals surface area contributed by atoms with Crippen molar-refractivity contribution in [2.24, 2.45) is 4.99 Å². The third kappa shape index (κ3) is 4.56. The molecular weight excluding hydrogens is 440 g/mol. The van der Waals surface area contributed by atoms with Crippen molar-refractivity contribution < 1.29 is 22.7 Å². The summed E-state index contributed by atoms with van der Waals surface area (Å²) < 4.78 is 32.4. The van der Waals surface area contributed by atoms with Gasteiger partial charge in [0.25, 0.3) is 5.91 Å². The van der Waals surface area contributed by atoms with E-state index in [4.69, 9.17) is 4.74 Å². The van der Waals surface area contributed by atoms with E-state index < -0.39 is 15.7 Å². The lowest BCUT2D eigenvalue weighted by atomic mass is 10.1. The van der Waals surface area contributed by atoms with Crippen LogP contribution in [0.4, 0.5) is 5.69 Å². The molecule has 0 saturated carbocycles. The molecule has 0 atom stereocenters. The Labute approximate surface area is 192 Å². The van der Waals surface area contributed by atoms with Gasteiger partial charge < -0.3 is 10.1 Å². The van der Waals surface area contributed by atoms with E-state index in [0.29, 0.717) is 30.3 Å². The van der Waals surface area contributed by atoms with Gasteiger partial charge in [-0.1, -0.05) is 35.9 Å². The summed E-state index contributed by atoms with van der Waals surface area (Å²) in [6, 6.07) is 17.4. The number of anilines is 1. The van der Waals surface area contributed by atoms with E-state index >= 15 is 0 Å². The minimum absolute atomic E-state index is 0.0389. The number of carbonyl (C=O) groups excluding carboxylic acids is 2. The van der Waals surface area contributed by atoms with Crippen LogP contribution >= 0.6 is 0 Å². The molecule has 3 aromatic carbocycles. The predicted molar refractivity (Wildman–Crippen MR) is 125 cm³/mol. The van der Waals surface area contributed by atoms with Crippen LogP contribution in [0.15, 0.2) is 81.5 Å². The largest absolute Gasteiger partial charge is 0.475 e. The molecule has 168 valence electrons. The minimum Gasteiger partial charge on any atom is -0.475 e. The second-order valence-corrected chi connectivity index (χ2v) is 9.54. The van der Waals surface area contributed by atoms with Gasteiger partial charge in [-0.25, -0.2) is 13.4 Å². The molecule has 1 aliphatic rings. The molecule has 1 aliphatic heterocycles. The Balaban J connectivity index is 1.78. The molecule has 1 N–H and O–H groups in total. The van der Waals surface area contributed by atoms with Crippen molar-refractivity contribution in [2.45, 2.75) is 23.6 Å². The van der Waals surface area contributed by atoms with Gasteiger partial charge in [0.15, 0.2) is 5.78 Å². The zero-order chi connectivity index (χ0) is 23.6. The van der Waals surface area contributed by atoms with Crippen LogP contribution in [0.25, 0.3) is 0 Å². The van der Waals surface area contributed by atoms with E-state index in [0.717, 1.165) is 5.56 Å². The van der Waals surface area contributed by atoms with Crippen LogP contribution in [0, 0.1) is 6.92 Å². The van der Waals surface area contributed by atoms with Gasteiger partial charge in [-0.2, -0.15) is 0 Å². The van der Waals surface area contributed by atoms with Crippen molar-refractivity contribution in [1.29, 1.82) is 0 Å². The van der Waals surface area contributed by atoms with Crippen molar-refractivity contribution in [2.75, 3.05) is 18.5 Å². The maximum absolute atomic E-state index is 13.4. The molecule has 1 amide bonds. The topological polar surface area (TPSA) is 102 Å². The van der Waals surface area contributed by atoms with Gasteiger partial charge in [-0.05, 0) is 50.2 Å². The van der Waals surface area contributed by atoms with E-state index in [1.807, 2.05) is 6.92 Å². The van der Waals surface area contributed by atoms with Gasteiger partial charge in [0.2, 0.25) is 15.7 Å². The number of hydrogen-bond acceptors (Lipinski definition) is 6. The molecule has 0 saturated heterocycles. The number of amides is 1. The molecule has 1 heterocycles. The Morgan fingerprint density at radius 2 is 1.73 bits per heavy atom. The number of ketones is 1. The fourth-order valence-corrected chi connectivity index (χ4v) is 4.94. The average molecular weight is 463 g/mol. The standard InChI is InChI=1S/C25H22N2O5S/c1-16-7-10-19(11-8-16)33(30,31)23-15-18(17(2)28)9-12-21(23)24(29)27-22-6-4-3-5-20(22)25-26-13-14-32-25/h3-12,15H,13-14H2,1-2H3,(H,27,29). The maximum Gasteiger partial charge on any atom is 0.257 e. The number of carbonyl (C=O) groups is 2. The highest BCUT2D eigenvalue weighted by atomic mass is 32.2. The highest BCUT2D eigenvalue weighted by Gasteiger charge is 2.26. The third-order valence-corrected chi connectivity index (χ3v) is 7.05. The van der Waals surface area contributed by atoms with E-state index in [9.17, 15) is 18.0 Å². The lowest BCUT2D eigenvalue weighted by molar-refractivity contribution is 0.100. The normalized spacial score (nSPS) is 13.2. The fourth-order valence-electron chi connectivity index (χ4n) is 3.46. The molecule has 0 unspecified atom stereocenters. The molecule has 4 rings (SSSR count). The second-order valence-electron chi connectivity index (χ2n) is 7.62. The molecule has 0 radical (unpaired) electrons. The van der Waals surface area contributed by atoms with Gasteiger partial charge in [0.05, 0.1) is 33.2 Å². The lowest BCUT2D eigenvalue weighted by Crippen LogP contribution is -2.19. The van der Waals surface area contributed by atoms with E-state index in [-0.39, 0.29) is 26.7 Å².